The Morgan fingerprint density at radius 1 is 1.15 bits per heavy atom. The molecule has 1 fully saturated rings. The number of ether oxygens (including phenoxy) is 1. The second kappa shape index (κ2) is 5.97. The van der Waals surface area contributed by atoms with Crippen molar-refractivity contribution in [1.82, 2.24) is 10.2 Å². The van der Waals surface area contributed by atoms with Crippen LogP contribution in [0.3, 0.4) is 0 Å². The average Bonchev–Trinajstić information content (AvgIpc) is 2.94. The zero-order valence-electron chi connectivity index (χ0n) is 11.1. The zero-order valence-corrected chi connectivity index (χ0v) is 13.5. The van der Waals surface area contributed by atoms with Gasteiger partial charge in [-0.2, -0.15) is 0 Å². The third kappa shape index (κ3) is 2.88. The summed E-state index contributed by atoms with van der Waals surface area (Å²) >= 11 is 4.94. The quantitative estimate of drug-likeness (QED) is 0.847. The standard InChI is InChI=1S/C13H15BrN4OS/c1-19-11-4-2-3-10(9-11)17-5-7-18(8-6-17)13-16-15-12(14)20-13/h2-4,9H,5-8H2,1H3. The van der Waals surface area contributed by atoms with E-state index in [4.69, 9.17) is 4.74 Å². The number of aromatic nitrogens is 2. The molecule has 2 heterocycles. The summed E-state index contributed by atoms with van der Waals surface area (Å²) < 4.78 is 6.12. The number of halogens is 1. The largest absolute Gasteiger partial charge is 0.497 e. The minimum atomic E-state index is 0.836. The van der Waals surface area contributed by atoms with E-state index in [0.29, 0.717) is 0 Å². The average molecular weight is 355 g/mol. The molecule has 20 heavy (non-hydrogen) atoms. The van der Waals surface area contributed by atoms with Gasteiger partial charge in [0.1, 0.15) is 5.75 Å². The van der Waals surface area contributed by atoms with Gasteiger partial charge in [0, 0.05) is 37.9 Å². The summed E-state index contributed by atoms with van der Waals surface area (Å²) in [5, 5.41) is 9.17. The molecule has 106 valence electrons. The molecule has 0 saturated carbocycles. The molecule has 2 aromatic rings. The Morgan fingerprint density at radius 3 is 2.55 bits per heavy atom. The van der Waals surface area contributed by atoms with Crippen molar-refractivity contribution in [2.45, 2.75) is 0 Å². The number of rotatable bonds is 3. The maximum absolute atomic E-state index is 5.28. The Morgan fingerprint density at radius 2 is 1.90 bits per heavy atom. The highest BCUT2D eigenvalue weighted by Crippen LogP contribution is 2.27. The van der Waals surface area contributed by atoms with Gasteiger partial charge in [0.25, 0.3) is 0 Å². The third-order valence-electron chi connectivity index (χ3n) is 3.36. The fourth-order valence-electron chi connectivity index (χ4n) is 2.29. The van der Waals surface area contributed by atoms with E-state index >= 15 is 0 Å². The lowest BCUT2D eigenvalue weighted by atomic mass is 10.2. The number of hydrogen-bond acceptors (Lipinski definition) is 6. The number of methoxy groups -OCH3 is 1. The zero-order chi connectivity index (χ0) is 13.9. The topological polar surface area (TPSA) is 41.5 Å². The second-order valence-corrected chi connectivity index (χ2v) is 6.75. The summed E-state index contributed by atoms with van der Waals surface area (Å²) in [5.74, 6) is 0.901. The van der Waals surface area contributed by atoms with Crippen LogP contribution in [0.4, 0.5) is 10.8 Å². The molecule has 0 N–H and O–H groups in total. The third-order valence-corrected chi connectivity index (χ3v) is 4.78. The van der Waals surface area contributed by atoms with Gasteiger partial charge in [-0.05, 0) is 28.1 Å². The van der Waals surface area contributed by atoms with Crippen molar-refractivity contribution in [2.24, 2.45) is 0 Å². The fourth-order valence-corrected chi connectivity index (χ4v) is 3.43. The lowest BCUT2D eigenvalue weighted by molar-refractivity contribution is 0.414. The van der Waals surface area contributed by atoms with Crippen molar-refractivity contribution in [3.05, 3.63) is 28.2 Å². The number of anilines is 2. The van der Waals surface area contributed by atoms with Gasteiger partial charge in [0.05, 0.1) is 7.11 Å². The number of benzene rings is 1. The molecule has 0 atom stereocenters. The molecule has 1 aliphatic heterocycles. The summed E-state index contributed by atoms with van der Waals surface area (Å²) in [7, 11) is 1.70. The maximum Gasteiger partial charge on any atom is 0.209 e. The van der Waals surface area contributed by atoms with Gasteiger partial charge in [-0.25, -0.2) is 0 Å². The molecule has 0 spiro atoms. The number of nitrogens with zero attached hydrogens (tertiary/aromatic N) is 4. The Balaban J connectivity index is 1.66. The lowest BCUT2D eigenvalue weighted by Crippen LogP contribution is -2.46. The molecule has 5 nitrogen and oxygen atoms in total. The first-order chi connectivity index (χ1) is 9.76. The summed E-state index contributed by atoms with van der Waals surface area (Å²) in [6.45, 7) is 3.87. The summed E-state index contributed by atoms with van der Waals surface area (Å²) in [6, 6.07) is 8.21. The molecule has 1 aromatic heterocycles. The minimum Gasteiger partial charge on any atom is -0.497 e. The molecule has 0 bridgehead atoms. The molecule has 1 aliphatic rings. The van der Waals surface area contributed by atoms with Crippen molar-refractivity contribution in [2.75, 3.05) is 43.1 Å². The number of piperazine rings is 1. The predicted octanol–water partition coefficient (Wildman–Crippen LogP) is 2.64. The highest BCUT2D eigenvalue weighted by Gasteiger charge is 2.20. The monoisotopic (exact) mass is 354 g/mol. The van der Waals surface area contributed by atoms with Crippen molar-refractivity contribution >= 4 is 38.1 Å². The first-order valence-corrected chi connectivity index (χ1v) is 8.00. The Hall–Kier alpha value is -1.34. The Kier molecular flexibility index (Phi) is 4.07. The van der Waals surface area contributed by atoms with E-state index in [-0.39, 0.29) is 0 Å². The van der Waals surface area contributed by atoms with Crippen LogP contribution in [0.15, 0.2) is 28.2 Å². The van der Waals surface area contributed by atoms with E-state index in [1.807, 2.05) is 12.1 Å². The van der Waals surface area contributed by atoms with Crippen LogP contribution in [0, 0.1) is 0 Å². The van der Waals surface area contributed by atoms with E-state index < -0.39 is 0 Å². The highest BCUT2D eigenvalue weighted by molar-refractivity contribution is 9.11. The van der Waals surface area contributed by atoms with E-state index in [1.165, 1.54) is 5.69 Å². The van der Waals surface area contributed by atoms with Crippen molar-refractivity contribution < 1.29 is 4.74 Å². The summed E-state index contributed by atoms with van der Waals surface area (Å²) in [6.07, 6.45) is 0. The first-order valence-electron chi connectivity index (χ1n) is 6.39. The van der Waals surface area contributed by atoms with Crippen LogP contribution >= 0.6 is 27.3 Å². The van der Waals surface area contributed by atoms with E-state index in [1.54, 1.807) is 18.4 Å². The van der Waals surface area contributed by atoms with Crippen LogP contribution in [0.5, 0.6) is 5.75 Å². The van der Waals surface area contributed by atoms with Crippen LogP contribution in [0.1, 0.15) is 0 Å². The molecule has 0 amide bonds. The van der Waals surface area contributed by atoms with Gasteiger partial charge in [0.15, 0.2) is 3.92 Å². The van der Waals surface area contributed by atoms with E-state index in [2.05, 4.69) is 48.1 Å². The summed E-state index contributed by atoms with van der Waals surface area (Å²) in [4.78, 5) is 4.65. The Labute approximate surface area is 130 Å². The summed E-state index contributed by atoms with van der Waals surface area (Å²) in [5.41, 5.74) is 1.21. The molecule has 0 unspecified atom stereocenters. The smallest absolute Gasteiger partial charge is 0.209 e. The second-order valence-electron chi connectivity index (χ2n) is 4.51. The van der Waals surface area contributed by atoms with Gasteiger partial charge in [-0.3, -0.25) is 0 Å². The number of hydrogen-bond donors (Lipinski definition) is 0. The van der Waals surface area contributed by atoms with E-state index in [9.17, 15) is 0 Å². The molecule has 7 heteroatoms. The highest BCUT2D eigenvalue weighted by atomic mass is 79.9. The molecule has 3 rings (SSSR count). The van der Waals surface area contributed by atoms with Gasteiger partial charge in [-0.15, -0.1) is 10.2 Å². The normalized spacial score (nSPS) is 15.5. The minimum absolute atomic E-state index is 0.836. The van der Waals surface area contributed by atoms with Crippen LogP contribution in [0.2, 0.25) is 0 Å². The van der Waals surface area contributed by atoms with Gasteiger partial charge in [-0.1, -0.05) is 17.4 Å². The van der Waals surface area contributed by atoms with E-state index in [0.717, 1.165) is 41.0 Å². The van der Waals surface area contributed by atoms with Gasteiger partial charge >= 0.3 is 0 Å². The van der Waals surface area contributed by atoms with Crippen LogP contribution < -0.4 is 14.5 Å². The van der Waals surface area contributed by atoms with Gasteiger partial charge < -0.3 is 14.5 Å². The molecule has 0 radical (unpaired) electrons. The van der Waals surface area contributed by atoms with Crippen molar-refractivity contribution in [3.63, 3.8) is 0 Å². The molecular formula is C13H15BrN4OS. The fraction of sp³-hybridized carbons (Fsp3) is 0.385. The van der Waals surface area contributed by atoms with Crippen LogP contribution in [-0.4, -0.2) is 43.5 Å². The Bertz CT molecular complexity index is 583. The first kappa shape index (κ1) is 13.6. The van der Waals surface area contributed by atoms with Crippen LogP contribution in [-0.2, 0) is 0 Å². The molecule has 1 saturated heterocycles. The lowest BCUT2D eigenvalue weighted by Gasteiger charge is -2.35. The van der Waals surface area contributed by atoms with Crippen molar-refractivity contribution in [1.29, 1.82) is 0 Å². The van der Waals surface area contributed by atoms with Crippen LogP contribution in [0.25, 0.3) is 0 Å². The molecule has 0 aliphatic carbocycles. The molecular weight excluding hydrogens is 340 g/mol. The van der Waals surface area contributed by atoms with Gasteiger partial charge in [0.2, 0.25) is 5.13 Å². The SMILES string of the molecule is COc1cccc(N2CCN(c3nnc(Br)s3)CC2)c1. The maximum atomic E-state index is 5.28. The molecule has 1 aromatic carbocycles. The predicted molar refractivity (Wildman–Crippen MR) is 85.0 cm³/mol. The van der Waals surface area contributed by atoms with Crippen molar-refractivity contribution in [3.8, 4) is 5.75 Å².